The van der Waals surface area contributed by atoms with Crippen LogP contribution in [-0.2, 0) is 0 Å². The van der Waals surface area contributed by atoms with Crippen molar-refractivity contribution >= 4 is 22.6 Å². The van der Waals surface area contributed by atoms with Crippen LogP contribution in [0.4, 0.5) is 0 Å². The monoisotopic (exact) mass is 342 g/mol. The van der Waals surface area contributed by atoms with E-state index in [2.05, 4.69) is 41.7 Å². The molecule has 1 N–H and O–H groups in total. The molecule has 0 aliphatic heterocycles. The van der Waals surface area contributed by atoms with Gasteiger partial charge in [-0.05, 0) is 71.9 Å². The van der Waals surface area contributed by atoms with Crippen LogP contribution in [0.1, 0.15) is 49.3 Å². The lowest BCUT2D eigenvalue weighted by molar-refractivity contribution is 0.209. The van der Waals surface area contributed by atoms with Crippen LogP contribution in [0.25, 0.3) is 0 Å². The van der Waals surface area contributed by atoms with Crippen LogP contribution in [-0.4, -0.2) is 5.11 Å². The van der Waals surface area contributed by atoms with Crippen LogP contribution < -0.4 is 0 Å². The zero-order valence-electron chi connectivity index (χ0n) is 10.2. The number of aliphatic hydroxyl groups is 1. The Morgan fingerprint density at radius 2 is 2.06 bits per heavy atom. The van der Waals surface area contributed by atoms with Crippen LogP contribution in [0.3, 0.4) is 0 Å². The molecule has 0 spiro atoms. The van der Waals surface area contributed by atoms with E-state index in [1.165, 1.54) is 34.0 Å². The third-order valence-corrected chi connectivity index (χ3v) is 4.92. The minimum atomic E-state index is -0.403. The van der Waals surface area contributed by atoms with Gasteiger partial charge in [-0.25, -0.2) is 0 Å². The second kappa shape index (κ2) is 6.01. The van der Waals surface area contributed by atoms with Gasteiger partial charge in [-0.1, -0.05) is 30.7 Å². The summed E-state index contributed by atoms with van der Waals surface area (Å²) in [7, 11) is 0. The average Bonchev–Trinajstić information content (AvgIpc) is 2.60. The van der Waals surface area contributed by atoms with Gasteiger partial charge in [0.15, 0.2) is 0 Å². The summed E-state index contributed by atoms with van der Waals surface area (Å²) in [6.45, 7) is 2.10. The molecule has 92 valence electrons. The quantitative estimate of drug-likeness (QED) is 0.619. The maximum Gasteiger partial charge on any atom is 0.101 e. The lowest BCUT2D eigenvalue weighted by Crippen LogP contribution is -2.04. The molecule has 2 rings (SSSR count). The molecule has 0 radical (unpaired) electrons. The van der Waals surface area contributed by atoms with E-state index in [0.29, 0.717) is 0 Å². The maximum absolute atomic E-state index is 10.5. The van der Waals surface area contributed by atoms with E-state index in [1.807, 2.05) is 12.1 Å². The molecule has 0 amide bonds. The molecule has 1 aromatic carbocycles. The standard InChI is InChI=1S/C15H19IO/c1-11-7-6-10-13(14(11)16)15(17)12-8-4-2-3-5-9-12/h6-8,10,15,17H,2-5,9H2,1H3. The zero-order valence-corrected chi connectivity index (χ0v) is 12.4. The minimum Gasteiger partial charge on any atom is -0.384 e. The summed E-state index contributed by atoms with van der Waals surface area (Å²) in [6.07, 6.45) is 7.78. The summed E-state index contributed by atoms with van der Waals surface area (Å²) in [4.78, 5) is 0. The zero-order chi connectivity index (χ0) is 12.3. The molecular formula is C15H19IO. The highest BCUT2D eigenvalue weighted by molar-refractivity contribution is 14.1. The van der Waals surface area contributed by atoms with E-state index in [-0.39, 0.29) is 0 Å². The van der Waals surface area contributed by atoms with Gasteiger partial charge in [0, 0.05) is 3.57 Å². The number of benzene rings is 1. The topological polar surface area (TPSA) is 20.2 Å². The van der Waals surface area contributed by atoms with Crippen molar-refractivity contribution in [3.05, 3.63) is 44.5 Å². The van der Waals surface area contributed by atoms with Gasteiger partial charge >= 0.3 is 0 Å². The van der Waals surface area contributed by atoms with Crippen molar-refractivity contribution in [3.8, 4) is 0 Å². The summed E-state index contributed by atoms with van der Waals surface area (Å²) in [5.74, 6) is 0. The summed E-state index contributed by atoms with van der Waals surface area (Å²) in [6, 6.07) is 6.18. The molecule has 0 heterocycles. The largest absolute Gasteiger partial charge is 0.384 e. The predicted molar refractivity (Wildman–Crippen MR) is 80.0 cm³/mol. The molecule has 2 heteroatoms. The second-order valence-electron chi connectivity index (χ2n) is 4.76. The molecule has 17 heavy (non-hydrogen) atoms. The summed E-state index contributed by atoms with van der Waals surface area (Å²) < 4.78 is 1.20. The number of hydrogen-bond acceptors (Lipinski definition) is 1. The Kier molecular flexibility index (Phi) is 4.62. The molecule has 0 saturated heterocycles. The fourth-order valence-corrected chi connectivity index (χ4v) is 3.02. The third-order valence-electron chi connectivity index (χ3n) is 3.44. The average molecular weight is 342 g/mol. The number of rotatable bonds is 2. The van der Waals surface area contributed by atoms with Gasteiger partial charge in [0.05, 0.1) is 0 Å². The van der Waals surface area contributed by atoms with E-state index in [4.69, 9.17) is 0 Å². The lowest BCUT2D eigenvalue weighted by Gasteiger charge is -2.17. The molecule has 1 atom stereocenters. The van der Waals surface area contributed by atoms with E-state index in [9.17, 15) is 5.11 Å². The van der Waals surface area contributed by atoms with Gasteiger partial charge in [-0.3, -0.25) is 0 Å². The van der Waals surface area contributed by atoms with Gasteiger partial charge < -0.3 is 5.11 Å². The van der Waals surface area contributed by atoms with Crippen molar-refractivity contribution in [2.24, 2.45) is 0 Å². The first kappa shape index (κ1) is 13.1. The maximum atomic E-state index is 10.5. The highest BCUT2D eigenvalue weighted by Gasteiger charge is 2.17. The fourth-order valence-electron chi connectivity index (χ4n) is 2.37. The van der Waals surface area contributed by atoms with Crippen molar-refractivity contribution < 1.29 is 5.11 Å². The highest BCUT2D eigenvalue weighted by atomic mass is 127. The first-order valence-electron chi connectivity index (χ1n) is 6.32. The van der Waals surface area contributed by atoms with Crippen molar-refractivity contribution in [2.45, 2.75) is 45.1 Å². The molecule has 1 aliphatic rings. The highest BCUT2D eigenvalue weighted by Crippen LogP contribution is 2.32. The van der Waals surface area contributed by atoms with Gasteiger partial charge in [-0.15, -0.1) is 0 Å². The molecule has 0 bridgehead atoms. The van der Waals surface area contributed by atoms with Crippen molar-refractivity contribution in [1.82, 2.24) is 0 Å². The van der Waals surface area contributed by atoms with E-state index in [1.54, 1.807) is 0 Å². The SMILES string of the molecule is Cc1cccc(C(O)C2=CCCCCC2)c1I. The first-order valence-corrected chi connectivity index (χ1v) is 7.40. The number of halogens is 1. The number of hydrogen-bond donors (Lipinski definition) is 1. The predicted octanol–water partition coefficient (Wildman–Crippen LogP) is 4.52. The van der Waals surface area contributed by atoms with Crippen molar-refractivity contribution in [3.63, 3.8) is 0 Å². The van der Waals surface area contributed by atoms with Crippen LogP contribution in [0, 0.1) is 10.5 Å². The molecular weight excluding hydrogens is 323 g/mol. The van der Waals surface area contributed by atoms with Crippen molar-refractivity contribution in [1.29, 1.82) is 0 Å². The third kappa shape index (κ3) is 3.10. The first-order chi connectivity index (χ1) is 8.20. The number of allylic oxidation sites excluding steroid dienone is 1. The van der Waals surface area contributed by atoms with Crippen LogP contribution in [0.15, 0.2) is 29.8 Å². The lowest BCUT2D eigenvalue weighted by atomic mass is 9.97. The van der Waals surface area contributed by atoms with Crippen LogP contribution in [0.2, 0.25) is 0 Å². The Bertz CT molecular complexity index is 423. The van der Waals surface area contributed by atoms with Gasteiger partial charge in [0.2, 0.25) is 0 Å². The molecule has 0 fully saturated rings. The Morgan fingerprint density at radius 3 is 2.88 bits per heavy atom. The van der Waals surface area contributed by atoms with Gasteiger partial charge in [0.1, 0.15) is 6.10 Å². The Hall–Kier alpha value is -0.350. The second-order valence-corrected chi connectivity index (χ2v) is 5.84. The summed E-state index contributed by atoms with van der Waals surface area (Å²) in [5, 5.41) is 10.5. The molecule has 1 nitrogen and oxygen atoms in total. The molecule has 1 aliphatic carbocycles. The van der Waals surface area contributed by atoms with Gasteiger partial charge in [0.25, 0.3) is 0 Å². The summed E-state index contributed by atoms with van der Waals surface area (Å²) in [5.41, 5.74) is 3.53. The Balaban J connectivity index is 2.26. The molecule has 0 saturated carbocycles. The molecule has 1 unspecified atom stereocenters. The van der Waals surface area contributed by atoms with E-state index < -0.39 is 6.10 Å². The normalized spacial score (nSPS) is 18.4. The summed E-state index contributed by atoms with van der Waals surface area (Å²) >= 11 is 2.34. The molecule has 0 aromatic heterocycles. The van der Waals surface area contributed by atoms with Crippen LogP contribution >= 0.6 is 22.6 Å². The number of aryl methyl sites for hydroxylation is 1. The Morgan fingerprint density at radius 1 is 1.24 bits per heavy atom. The fraction of sp³-hybridized carbons (Fsp3) is 0.467. The minimum absolute atomic E-state index is 0.403. The van der Waals surface area contributed by atoms with E-state index in [0.717, 1.165) is 18.4 Å². The molecule has 1 aromatic rings. The Labute approximate surface area is 117 Å². The van der Waals surface area contributed by atoms with E-state index >= 15 is 0 Å². The smallest absolute Gasteiger partial charge is 0.101 e. The number of aliphatic hydroxyl groups excluding tert-OH is 1. The van der Waals surface area contributed by atoms with Crippen LogP contribution in [0.5, 0.6) is 0 Å². The van der Waals surface area contributed by atoms with Crippen molar-refractivity contribution in [2.75, 3.05) is 0 Å². The van der Waals surface area contributed by atoms with Gasteiger partial charge in [-0.2, -0.15) is 0 Å².